The standard InChI is InChI=1S/C11H15ClN2/c1-2-8-7-10(12)13-14-11(8)9-5-3-4-6-9/h7,9H,2-6H2,1H3. The molecule has 0 unspecified atom stereocenters. The Labute approximate surface area is 89.7 Å². The molecule has 1 heterocycles. The van der Waals surface area contributed by atoms with Gasteiger partial charge >= 0.3 is 0 Å². The summed E-state index contributed by atoms with van der Waals surface area (Å²) in [5.41, 5.74) is 2.46. The smallest absolute Gasteiger partial charge is 0.152 e. The molecule has 1 saturated carbocycles. The molecule has 3 heteroatoms. The van der Waals surface area contributed by atoms with Gasteiger partial charge in [-0.2, -0.15) is 5.10 Å². The fourth-order valence-electron chi connectivity index (χ4n) is 2.24. The van der Waals surface area contributed by atoms with Crippen LogP contribution in [0, 0.1) is 0 Å². The van der Waals surface area contributed by atoms with Gasteiger partial charge in [0.25, 0.3) is 0 Å². The van der Waals surface area contributed by atoms with Gasteiger partial charge in [-0.1, -0.05) is 31.4 Å². The Morgan fingerprint density at radius 1 is 1.36 bits per heavy atom. The third-order valence-corrected chi connectivity index (χ3v) is 3.18. The number of nitrogens with zero attached hydrogens (tertiary/aromatic N) is 2. The van der Waals surface area contributed by atoms with E-state index in [0.29, 0.717) is 11.1 Å². The van der Waals surface area contributed by atoms with E-state index in [0.717, 1.165) is 6.42 Å². The molecule has 1 aromatic heterocycles. The van der Waals surface area contributed by atoms with Gasteiger partial charge < -0.3 is 0 Å². The van der Waals surface area contributed by atoms with Gasteiger partial charge in [0.2, 0.25) is 0 Å². The molecular weight excluding hydrogens is 196 g/mol. The van der Waals surface area contributed by atoms with Gasteiger partial charge in [-0.3, -0.25) is 0 Å². The largest absolute Gasteiger partial charge is 0.154 e. The normalized spacial score (nSPS) is 17.6. The van der Waals surface area contributed by atoms with Crippen LogP contribution < -0.4 is 0 Å². The van der Waals surface area contributed by atoms with E-state index < -0.39 is 0 Å². The van der Waals surface area contributed by atoms with E-state index in [4.69, 9.17) is 11.6 Å². The molecule has 0 radical (unpaired) electrons. The van der Waals surface area contributed by atoms with Crippen LogP contribution in [-0.4, -0.2) is 10.2 Å². The second-order valence-corrected chi connectivity index (χ2v) is 4.30. The van der Waals surface area contributed by atoms with Crippen LogP contribution in [0.1, 0.15) is 49.8 Å². The molecule has 1 aliphatic rings. The minimum atomic E-state index is 0.517. The molecule has 0 atom stereocenters. The van der Waals surface area contributed by atoms with Crippen molar-refractivity contribution in [3.8, 4) is 0 Å². The van der Waals surface area contributed by atoms with E-state index in [9.17, 15) is 0 Å². The predicted molar refractivity (Wildman–Crippen MR) is 57.6 cm³/mol. The molecule has 0 N–H and O–H groups in total. The minimum Gasteiger partial charge on any atom is -0.154 e. The lowest BCUT2D eigenvalue weighted by atomic mass is 9.98. The van der Waals surface area contributed by atoms with Crippen LogP contribution in [0.5, 0.6) is 0 Å². The number of halogens is 1. The monoisotopic (exact) mass is 210 g/mol. The van der Waals surface area contributed by atoms with Crippen molar-refractivity contribution in [3.63, 3.8) is 0 Å². The highest BCUT2D eigenvalue weighted by Crippen LogP contribution is 2.34. The van der Waals surface area contributed by atoms with E-state index in [1.54, 1.807) is 0 Å². The van der Waals surface area contributed by atoms with Gasteiger partial charge in [0.05, 0.1) is 5.69 Å². The first-order valence-corrected chi connectivity index (χ1v) is 5.71. The molecule has 1 fully saturated rings. The second kappa shape index (κ2) is 4.26. The van der Waals surface area contributed by atoms with E-state index >= 15 is 0 Å². The van der Waals surface area contributed by atoms with Crippen LogP contribution in [0.3, 0.4) is 0 Å². The lowest BCUT2D eigenvalue weighted by Crippen LogP contribution is -2.03. The highest BCUT2D eigenvalue weighted by molar-refractivity contribution is 6.29. The third-order valence-electron chi connectivity index (χ3n) is 3.00. The van der Waals surface area contributed by atoms with Crippen LogP contribution in [0.4, 0.5) is 0 Å². The van der Waals surface area contributed by atoms with Gasteiger partial charge in [0, 0.05) is 5.92 Å². The Morgan fingerprint density at radius 3 is 2.71 bits per heavy atom. The quantitative estimate of drug-likeness (QED) is 0.748. The zero-order chi connectivity index (χ0) is 9.97. The van der Waals surface area contributed by atoms with Gasteiger partial charge in [-0.15, -0.1) is 5.10 Å². The van der Waals surface area contributed by atoms with Gasteiger partial charge in [-0.05, 0) is 30.9 Å². The number of hydrogen-bond donors (Lipinski definition) is 0. The lowest BCUT2D eigenvalue weighted by Gasteiger charge is -2.11. The van der Waals surface area contributed by atoms with Crippen molar-refractivity contribution in [2.45, 2.75) is 44.9 Å². The maximum Gasteiger partial charge on any atom is 0.152 e. The zero-order valence-corrected chi connectivity index (χ0v) is 9.22. The van der Waals surface area contributed by atoms with Gasteiger partial charge in [0.1, 0.15) is 0 Å². The summed E-state index contributed by atoms with van der Waals surface area (Å²) in [4.78, 5) is 0. The first kappa shape index (κ1) is 9.91. The molecule has 1 aliphatic carbocycles. The molecule has 0 saturated heterocycles. The molecule has 14 heavy (non-hydrogen) atoms. The minimum absolute atomic E-state index is 0.517. The van der Waals surface area contributed by atoms with E-state index in [-0.39, 0.29) is 0 Å². The van der Waals surface area contributed by atoms with Crippen molar-refractivity contribution in [2.75, 3.05) is 0 Å². The second-order valence-electron chi connectivity index (χ2n) is 3.91. The summed E-state index contributed by atoms with van der Waals surface area (Å²) in [6, 6.07) is 1.96. The number of hydrogen-bond acceptors (Lipinski definition) is 2. The Bertz CT molecular complexity index is 319. The van der Waals surface area contributed by atoms with Crippen molar-refractivity contribution in [1.29, 1.82) is 0 Å². The fraction of sp³-hybridized carbons (Fsp3) is 0.636. The summed E-state index contributed by atoms with van der Waals surface area (Å²) in [7, 11) is 0. The Morgan fingerprint density at radius 2 is 2.07 bits per heavy atom. The maximum atomic E-state index is 5.83. The van der Waals surface area contributed by atoms with Crippen LogP contribution in [0.25, 0.3) is 0 Å². The Kier molecular flexibility index (Phi) is 3.02. The maximum absolute atomic E-state index is 5.83. The van der Waals surface area contributed by atoms with Gasteiger partial charge in [0.15, 0.2) is 5.15 Å². The summed E-state index contributed by atoms with van der Waals surface area (Å²) in [5.74, 6) is 0.634. The molecular formula is C11H15ClN2. The first-order valence-electron chi connectivity index (χ1n) is 5.33. The number of aromatic nitrogens is 2. The highest BCUT2D eigenvalue weighted by Gasteiger charge is 2.21. The highest BCUT2D eigenvalue weighted by atomic mass is 35.5. The molecule has 0 aliphatic heterocycles. The van der Waals surface area contributed by atoms with Crippen molar-refractivity contribution in [3.05, 3.63) is 22.5 Å². The summed E-state index contributed by atoms with van der Waals surface area (Å²) in [5, 5.41) is 8.71. The molecule has 0 aromatic carbocycles. The summed E-state index contributed by atoms with van der Waals surface area (Å²) in [6.45, 7) is 2.14. The third kappa shape index (κ3) is 1.90. The fourth-order valence-corrected chi connectivity index (χ4v) is 2.41. The molecule has 1 aromatic rings. The molecule has 0 amide bonds. The van der Waals surface area contributed by atoms with E-state index in [2.05, 4.69) is 17.1 Å². The summed E-state index contributed by atoms with van der Waals surface area (Å²) in [6.07, 6.45) is 6.20. The lowest BCUT2D eigenvalue weighted by molar-refractivity contribution is 0.668. The van der Waals surface area contributed by atoms with Crippen LogP contribution in [0.2, 0.25) is 5.15 Å². The first-order chi connectivity index (χ1) is 6.81. The molecule has 0 bridgehead atoms. The van der Waals surface area contributed by atoms with Crippen LogP contribution in [0.15, 0.2) is 6.07 Å². The van der Waals surface area contributed by atoms with Crippen molar-refractivity contribution in [1.82, 2.24) is 10.2 Å². The predicted octanol–water partition coefficient (Wildman–Crippen LogP) is 3.35. The SMILES string of the molecule is CCc1cc(Cl)nnc1C1CCCC1. The zero-order valence-electron chi connectivity index (χ0n) is 8.46. The molecule has 0 spiro atoms. The molecule has 2 nitrogen and oxygen atoms in total. The molecule has 76 valence electrons. The summed E-state index contributed by atoms with van der Waals surface area (Å²) >= 11 is 5.83. The average molecular weight is 211 g/mol. The number of rotatable bonds is 2. The molecule has 2 rings (SSSR count). The Balaban J connectivity index is 2.31. The van der Waals surface area contributed by atoms with Crippen molar-refractivity contribution in [2.24, 2.45) is 0 Å². The van der Waals surface area contributed by atoms with E-state index in [1.165, 1.54) is 36.9 Å². The van der Waals surface area contributed by atoms with Crippen molar-refractivity contribution < 1.29 is 0 Å². The Hall–Kier alpha value is -0.630. The van der Waals surface area contributed by atoms with Crippen molar-refractivity contribution >= 4 is 11.6 Å². The van der Waals surface area contributed by atoms with Crippen LogP contribution in [-0.2, 0) is 6.42 Å². The summed E-state index contributed by atoms with van der Waals surface area (Å²) < 4.78 is 0. The van der Waals surface area contributed by atoms with E-state index in [1.807, 2.05) is 6.07 Å². The number of aryl methyl sites for hydroxylation is 1. The van der Waals surface area contributed by atoms with Crippen LogP contribution >= 0.6 is 11.6 Å². The topological polar surface area (TPSA) is 25.8 Å². The van der Waals surface area contributed by atoms with Gasteiger partial charge in [-0.25, -0.2) is 0 Å². The average Bonchev–Trinajstić information content (AvgIpc) is 2.70.